The molecule has 1 amide bonds. The van der Waals surface area contributed by atoms with E-state index in [-0.39, 0.29) is 24.9 Å². The van der Waals surface area contributed by atoms with Gasteiger partial charge in [-0.05, 0) is 6.92 Å². The standard InChI is InChI=1S/C10H19NO4/c1-7(2)9(14)11-10(3,6-15-4)5-8(12)13/h7H,5-6H2,1-4H3,(H,11,14)(H,12,13). The minimum atomic E-state index is -0.960. The zero-order chi connectivity index (χ0) is 12.1. The van der Waals surface area contributed by atoms with Crippen molar-refractivity contribution in [1.29, 1.82) is 0 Å². The molecule has 0 bridgehead atoms. The summed E-state index contributed by atoms with van der Waals surface area (Å²) in [6, 6.07) is 0. The number of nitrogens with one attached hydrogen (secondary N) is 1. The summed E-state index contributed by atoms with van der Waals surface area (Å²) in [5.74, 6) is -1.30. The molecule has 0 radical (unpaired) electrons. The van der Waals surface area contributed by atoms with Crippen molar-refractivity contribution in [3.63, 3.8) is 0 Å². The number of carbonyl (C=O) groups excluding carboxylic acids is 1. The minimum absolute atomic E-state index is 0.153. The fourth-order valence-corrected chi connectivity index (χ4v) is 1.23. The number of hydrogen-bond acceptors (Lipinski definition) is 3. The summed E-state index contributed by atoms with van der Waals surface area (Å²) in [4.78, 5) is 22.1. The van der Waals surface area contributed by atoms with E-state index in [2.05, 4.69) is 5.32 Å². The van der Waals surface area contributed by atoms with E-state index >= 15 is 0 Å². The van der Waals surface area contributed by atoms with Crippen LogP contribution in [0.1, 0.15) is 27.2 Å². The zero-order valence-electron chi connectivity index (χ0n) is 9.66. The van der Waals surface area contributed by atoms with Crippen LogP contribution in [0.2, 0.25) is 0 Å². The van der Waals surface area contributed by atoms with Gasteiger partial charge in [0, 0.05) is 13.0 Å². The van der Waals surface area contributed by atoms with Gasteiger partial charge in [0.1, 0.15) is 0 Å². The third-order valence-electron chi connectivity index (χ3n) is 1.95. The van der Waals surface area contributed by atoms with Gasteiger partial charge in [0.2, 0.25) is 5.91 Å². The number of amides is 1. The largest absolute Gasteiger partial charge is 0.481 e. The summed E-state index contributed by atoms with van der Waals surface area (Å²) in [5.41, 5.74) is -0.845. The van der Waals surface area contributed by atoms with Crippen molar-refractivity contribution in [3.05, 3.63) is 0 Å². The summed E-state index contributed by atoms with van der Waals surface area (Å²) < 4.78 is 4.91. The Hall–Kier alpha value is -1.10. The van der Waals surface area contributed by atoms with Gasteiger partial charge in [-0.25, -0.2) is 0 Å². The highest BCUT2D eigenvalue weighted by atomic mass is 16.5. The summed E-state index contributed by atoms with van der Waals surface area (Å²) in [6.45, 7) is 5.34. The molecule has 0 aliphatic heterocycles. The van der Waals surface area contributed by atoms with Crippen LogP contribution in [0.25, 0.3) is 0 Å². The SMILES string of the molecule is COCC(C)(CC(=O)O)NC(=O)C(C)C. The molecule has 5 nitrogen and oxygen atoms in total. The third-order valence-corrected chi connectivity index (χ3v) is 1.95. The quantitative estimate of drug-likeness (QED) is 0.684. The molecule has 5 heteroatoms. The highest BCUT2D eigenvalue weighted by Crippen LogP contribution is 2.11. The summed E-state index contributed by atoms with van der Waals surface area (Å²) >= 11 is 0. The van der Waals surface area contributed by atoms with Gasteiger partial charge in [-0.3, -0.25) is 9.59 Å². The zero-order valence-corrected chi connectivity index (χ0v) is 9.66. The Morgan fingerprint density at radius 1 is 1.47 bits per heavy atom. The van der Waals surface area contributed by atoms with Crippen LogP contribution in [0.4, 0.5) is 0 Å². The van der Waals surface area contributed by atoms with Crippen LogP contribution in [0.5, 0.6) is 0 Å². The number of methoxy groups -OCH3 is 1. The van der Waals surface area contributed by atoms with Gasteiger partial charge < -0.3 is 15.2 Å². The average Bonchev–Trinajstić information content (AvgIpc) is 2.01. The van der Waals surface area contributed by atoms with Crippen molar-refractivity contribution >= 4 is 11.9 Å². The number of hydrogen-bond donors (Lipinski definition) is 2. The van der Waals surface area contributed by atoms with E-state index in [1.54, 1.807) is 20.8 Å². The maximum Gasteiger partial charge on any atom is 0.305 e. The predicted molar refractivity (Wildman–Crippen MR) is 55.5 cm³/mol. The first-order valence-electron chi connectivity index (χ1n) is 4.83. The van der Waals surface area contributed by atoms with E-state index < -0.39 is 11.5 Å². The molecule has 0 aliphatic carbocycles. The molecular weight excluding hydrogens is 198 g/mol. The van der Waals surface area contributed by atoms with Gasteiger partial charge in [-0.2, -0.15) is 0 Å². The molecule has 0 spiro atoms. The average molecular weight is 217 g/mol. The lowest BCUT2D eigenvalue weighted by Crippen LogP contribution is -2.51. The van der Waals surface area contributed by atoms with Crippen LogP contribution in [0, 0.1) is 5.92 Å². The predicted octanol–water partition coefficient (Wildman–Crippen LogP) is 0.638. The Bertz CT molecular complexity index is 240. The second kappa shape index (κ2) is 5.70. The molecule has 0 aromatic carbocycles. The van der Waals surface area contributed by atoms with E-state index in [9.17, 15) is 9.59 Å². The van der Waals surface area contributed by atoms with Crippen molar-refractivity contribution in [1.82, 2.24) is 5.32 Å². The summed E-state index contributed by atoms with van der Waals surface area (Å²) in [7, 11) is 1.47. The molecule has 0 fully saturated rings. The molecule has 0 saturated carbocycles. The van der Waals surface area contributed by atoms with Crippen molar-refractivity contribution < 1.29 is 19.4 Å². The van der Waals surface area contributed by atoms with Crippen molar-refractivity contribution in [2.75, 3.05) is 13.7 Å². The Balaban J connectivity index is 4.49. The maximum atomic E-state index is 11.5. The lowest BCUT2D eigenvalue weighted by Gasteiger charge is -2.29. The second-order valence-electron chi connectivity index (χ2n) is 4.21. The number of carboxylic acid groups (broad SMARTS) is 1. The van der Waals surface area contributed by atoms with Crippen molar-refractivity contribution in [3.8, 4) is 0 Å². The molecule has 1 atom stereocenters. The van der Waals surface area contributed by atoms with Crippen LogP contribution >= 0.6 is 0 Å². The number of carbonyl (C=O) groups is 2. The number of carboxylic acids is 1. The first kappa shape index (κ1) is 13.9. The third kappa shape index (κ3) is 5.37. The van der Waals surface area contributed by atoms with Gasteiger partial charge in [-0.15, -0.1) is 0 Å². The molecule has 88 valence electrons. The van der Waals surface area contributed by atoms with E-state index in [1.165, 1.54) is 7.11 Å². The van der Waals surface area contributed by atoms with E-state index in [0.717, 1.165) is 0 Å². The highest BCUT2D eigenvalue weighted by molar-refractivity contribution is 5.79. The Kier molecular flexibility index (Phi) is 5.28. The lowest BCUT2D eigenvalue weighted by molar-refractivity contribution is -0.140. The molecule has 15 heavy (non-hydrogen) atoms. The Labute approximate surface area is 89.8 Å². The Morgan fingerprint density at radius 2 is 2.00 bits per heavy atom. The van der Waals surface area contributed by atoms with Crippen LogP contribution in [-0.2, 0) is 14.3 Å². The fraction of sp³-hybridized carbons (Fsp3) is 0.800. The van der Waals surface area contributed by atoms with E-state index in [1.807, 2.05) is 0 Å². The van der Waals surface area contributed by atoms with Gasteiger partial charge in [-0.1, -0.05) is 13.8 Å². The molecule has 1 unspecified atom stereocenters. The molecule has 0 saturated heterocycles. The number of ether oxygens (including phenoxy) is 1. The van der Waals surface area contributed by atoms with Crippen LogP contribution < -0.4 is 5.32 Å². The molecular formula is C10H19NO4. The van der Waals surface area contributed by atoms with Crippen LogP contribution in [-0.4, -0.2) is 36.2 Å². The molecule has 2 N–H and O–H groups in total. The van der Waals surface area contributed by atoms with Crippen molar-refractivity contribution in [2.24, 2.45) is 5.92 Å². The first-order chi connectivity index (χ1) is 6.80. The van der Waals surface area contributed by atoms with Crippen molar-refractivity contribution in [2.45, 2.75) is 32.7 Å². The second-order valence-corrected chi connectivity index (χ2v) is 4.21. The Morgan fingerprint density at radius 3 is 2.33 bits per heavy atom. The molecule has 0 rings (SSSR count). The lowest BCUT2D eigenvalue weighted by atomic mass is 9.98. The van der Waals surface area contributed by atoms with E-state index in [4.69, 9.17) is 9.84 Å². The normalized spacial score (nSPS) is 14.7. The smallest absolute Gasteiger partial charge is 0.305 e. The molecule has 0 aliphatic rings. The van der Waals surface area contributed by atoms with Crippen LogP contribution in [0.3, 0.4) is 0 Å². The number of aliphatic carboxylic acids is 1. The van der Waals surface area contributed by atoms with Gasteiger partial charge in [0.15, 0.2) is 0 Å². The summed E-state index contributed by atoms with van der Waals surface area (Å²) in [6.07, 6.45) is -0.153. The molecule has 0 aromatic heterocycles. The minimum Gasteiger partial charge on any atom is -0.481 e. The topological polar surface area (TPSA) is 75.6 Å². The number of rotatable bonds is 6. The van der Waals surface area contributed by atoms with Gasteiger partial charge >= 0.3 is 5.97 Å². The van der Waals surface area contributed by atoms with Gasteiger partial charge in [0.25, 0.3) is 0 Å². The van der Waals surface area contributed by atoms with Gasteiger partial charge in [0.05, 0.1) is 18.6 Å². The fourth-order valence-electron chi connectivity index (χ4n) is 1.23. The highest BCUT2D eigenvalue weighted by Gasteiger charge is 2.30. The molecule has 0 heterocycles. The summed E-state index contributed by atoms with van der Waals surface area (Å²) in [5, 5.41) is 11.4. The monoisotopic (exact) mass is 217 g/mol. The van der Waals surface area contributed by atoms with Crippen LogP contribution in [0.15, 0.2) is 0 Å². The van der Waals surface area contributed by atoms with E-state index in [0.29, 0.717) is 0 Å². The molecule has 0 aromatic rings. The first-order valence-corrected chi connectivity index (χ1v) is 4.83. The maximum absolute atomic E-state index is 11.5.